The Morgan fingerprint density at radius 3 is 1.87 bits per heavy atom. The predicted octanol–water partition coefficient (Wildman–Crippen LogP) is 4.20. The second-order valence-electron chi connectivity index (χ2n) is 6.55. The molecule has 0 fully saturated rings. The van der Waals surface area contributed by atoms with Gasteiger partial charge >= 0.3 is 0 Å². The van der Waals surface area contributed by atoms with Crippen LogP contribution in [0.3, 0.4) is 0 Å². The fourth-order valence-corrected chi connectivity index (χ4v) is 2.58. The molecule has 1 unspecified atom stereocenters. The molecule has 4 nitrogen and oxygen atoms in total. The van der Waals surface area contributed by atoms with Gasteiger partial charge in [-0.15, -0.1) is 0 Å². The third kappa shape index (κ3) is 19.3. The first kappa shape index (κ1) is 22.4. The van der Waals surface area contributed by atoms with Crippen molar-refractivity contribution >= 4 is 5.91 Å². The van der Waals surface area contributed by atoms with Crippen LogP contribution in [0.5, 0.6) is 0 Å². The fraction of sp³-hybridized carbons (Fsp3) is 0.947. The first-order valence-electron chi connectivity index (χ1n) is 9.67. The van der Waals surface area contributed by atoms with Crippen LogP contribution in [0.25, 0.3) is 0 Å². The summed E-state index contributed by atoms with van der Waals surface area (Å²) in [6.45, 7) is 4.99. The van der Waals surface area contributed by atoms with Crippen LogP contribution in [0, 0.1) is 0 Å². The van der Waals surface area contributed by atoms with Gasteiger partial charge in [0.1, 0.15) is 0 Å². The number of aliphatic hydroxyl groups excluding tert-OH is 1. The second-order valence-corrected chi connectivity index (χ2v) is 6.55. The SMILES string of the molecule is CCCCCCCCCCCCCCOCC(O)CNC(C)=O. The monoisotopic (exact) mass is 329 g/mol. The summed E-state index contributed by atoms with van der Waals surface area (Å²) in [6, 6.07) is 0. The van der Waals surface area contributed by atoms with Crippen molar-refractivity contribution in [1.29, 1.82) is 0 Å². The molecule has 0 saturated heterocycles. The summed E-state index contributed by atoms with van der Waals surface area (Å²) < 4.78 is 5.42. The maximum atomic E-state index is 10.7. The lowest BCUT2D eigenvalue weighted by molar-refractivity contribution is -0.119. The van der Waals surface area contributed by atoms with Crippen molar-refractivity contribution in [3.8, 4) is 0 Å². The van der Waals surface area contributed by atoms with Crippen molar-refractivity contribution in [2.24, 2.45) is 0 Å². The topological polar surface area (TPSA) is 58.6 Å². The molecule has 0 aromatic carbocycles. The summed E-state index contributed by atoms with van der Waals surface area (Å²) >= 11 is 0. The Hall–Kier alpha value is -0.610. The molecule has 0 aliphatic rings. The van der Waals surface area contributed by atoms with E-state index < -0.39 is 6.10 Å². The second kappa shape index (κ2) is 17.7. The van der Waals surface area contributed by atoms with E-state index in [1.54, 1.807) is 0 Å². The molecule has 0 aromatic rings. The van der Waals surface area contributed by atoms with E-state index in [0.29, 0.717) is 13.2 Å². The normalized spacial score (nSPS) is 12.3. The van der Waals surface area contributed by atoms with Crippen LogP contribution in [0.2, 0.25) is 0 Å². The van der Waals surface area contributed by atoms with E-state index >= 15 is 0 Å². The van der Waals surface area contributed by atoms with E-state index in [1.807, 2.05) is 0 Å². The van der Waals surface area contributed by atoms with Crippen LogP contribution in [-0.4, -0.2) is 36.9 Å². The lowest BCUT2D eigenvalue weighted by Crippen LogP contribution is -2.33. The summed E-state index contributed by atoms with van der Waals surface area (Å²) in [7, 11) is 0. The highest BCUT2D eigenvalue weighted by Crippen LogP contribution is 2.11. The van der Waals surface area contributed by atoms with Crippen molar-refractivity contribution in [3.63, 3.8) is 0 Å². The third-order valence-electron chi connectivity index (χ3n) is 4.04. The molecule has 1 amide bonds. The number of hydrogen-bond donors (Lipinski definition) is 2. The molecule has 0 spiro atoms. The zero-order valence-corrected chi connectivity index (χ0v) is 15.4. The molecular weight excluding hydrogens is 290 g/mol. The van der Waals surface area contributed by atoms with Crippen LogP contribution in [0.4, 0.5) is 0 Å². The molecule has 138 valence electrons. The molecule has 4 heteroatoms. The quantitative estimate of drug-likeness (QED) is 0.393. The van der Waals surface area contributed by atoms with Crippen molar-refractivity contribution in [2.75, 3.05) is 19.8 Å². The molecule has 0 aliphatic heterocycles. The molecule has 0 heterocycles. The van der Waals surface area contributed by atoms with Crippen LogP contribution in [0.1, 0.15) is 90.9 Å². The summed E-state index contributed by atoms with van der Waals surface area (Å²) in [4.78, 5) is 10.7. The van der Waals surface area contributed by atoms with Gasteiger partial charge < -0.3 is 15.2 Å². The van der Waals surface area contributed by atoms with Gasteiger partial charge in [-0.1, -0.05) is 77.6 Å². The number of carbonyl (C=O) groups is 1. The highest BCUT2D eigenvalue weighted by molar-refractivity contribution is 5.72. The van der Waals surface area contributed by atoms with Crippen LogP contribution < -0.4 is 5.32 Å². The molecule has 0 bridgehead atoms. The zero-order valence-electron chi connectivity index (χ0n) is 15.4. The van der Waals surface area contributed by atoms with Crippen molar-refractivity contribution in [3.05, 3.63) is 0 Å². The lowest BCUT2D eigenvalue weighted by Gasteiger charge is -2.11. The first-order valence-corrected chi connectivity index (χ1v) is 9.67. The number of amides is 1. The van der Waals surface area contributed by atoms with Crippen LogP contribution >= 0.6 is 0 Å². The van der Waals surface area contributed by atoms with Gasteiger partial charge in [0, 0.05) is 20.1 Å². The van der Waals surface area contributed by atoms with Crippen molar-refractivity contribution in [1.82, 2.24) is 5.32 Å². The maximum Gasteiger partial charge on any atom is 0.216 e. The molecule has 23 heavy (non-hydrogen) atoms. The zero-order chi connectivity index (χ0) is 17.2. The highest BCUT2D eigenvalue weighted by atomic mass is 16.5. The van der Waals surface area contributed by atoms with Gasteiger partial charge in [0.25, 0.3) is 0 Å². The Kier molecular flexibility index (Phi) is 17.3. The van der Waals surface area contributed by atoms with Crippen LogP contribution in [-0.2, 0) is 9.53 Å². The lowest BCUT2D eigenvalue weighted by atomic mass is 10.1. The minimum Gasteiger partial charge on any atom is -0.389 e. The highest BCUT2D eigenvalue weighted by Gasteiger charge is 2.04. The smallest absolute Gasteiger partial charge is 0.216 e. The third-order valence-corrected chi connectivity index (χ3v) is 4.04. The molecule has 0 aromatic heterocycles. The maximum absolute atomic E-state index is 10.7. The van der Waals surface area contributed by atoms with Gasteiger partial charge in [-0.3, -0.25) is 4.79 Å². The van der Waals surface area contributed by atoms with E-state index in [9.17, 15) is 9.90 Å². The summed E-state index contributed by atoms with van der Waals surface area (Å²) in [5, 5.41) is 12.1. The van der Waals surface area contributed by atoms with E-state index in [4.69, 9.17) is 4.74 Å². The minimum absolute atomic E-state index is 0.120. The van der Waals surface area contributed by atoms with Gasteiger partial charge in [-0.05, 0) is 6.42 Å². The summed E-state index contributed by atoms with van der Waals surface area (Å²) in [5.41, 5.74) is 0. The van der Waals surface area contributed by atoms with E-state index in [1.165, 1.54) is 77.6 Å². The number of ether oxygens (including phenoxy) is 1. The van der Waals surface area contributed by atoms with Gasteiger partial charge in [-0.2, -0.15) is 0 Å². The Bertz CT molecular complexity index is 259. The molecule has 0 radical (unpaired) electrons. The largest absolute Gasteiger partial charge is 0.389 e. The van der Waals surface area contributed by atoms with E-state index in [-0.39, 0.29) is 12.5 Å². The Labute approximate surface area is 143 Å². The Morgan fingerprint density at radius 1 is 0.913 bits per heavy atom. The molecular formula is C19H39NO3. The number of unbranched alkanes of at least 4 members (excludes halogenated alkanes) is 11. The average molecular weight is 330 g/mol. The molecule has 1 atom stereocenters. The number of carbonyl (C=O) groups excluding carboxylic acids is 1. The number of aliphatic hydroxyl groups is 1. The minimum atomic E-state index is -0.601. The average Bonchev–Trinajstić information content (AvgIpc) is 2.53. The molecule has 0 saturated carbocycles. The van der Waals surface area contributed by atoms with E-state index in [0.717, 1.165) is 6.42 Å². The molecule has 2 N–H and O–H groups in total. The Balaban J connectivity index is 3.09. The molecule has 0 rings (SSSR count). The summed E-state index contributed by atoms with van der Waals surface area (Å²) in [6.07, 6.45) is 15.4. The van der Waals surface area contributed by atoms with Gasteiger partial charge in [-0.25, -0.2) is 0 Å². The van der Waals surface area contributed by atoms with Gasteiger partial charge in [0.05, 0.1) is 12.7 Å². The van der Waals surface area contributed by atoms with Gasteiger partial charge in [0.15, 0.2) is 0 Å². The number of nitrogens with one attached hydrogen (secondary N) is 1. The number of rotatable bonds is 17. The van der Waals surface area contributed by atoms with E-state index in [2.05, 4.69) is 12.2 Å². The fourth-order valence-electron chi connectivity index (χ4n) is 2.58. The summed E-state index contributed by atoms with van der Waals surface area (Å²) in [5.74, 6) is -0.120. The van der Waals surface area contributed by atoms with Crippen LogP contribution in [0.15, 0.2) is 0 Å². The first-order chi connectivity index (χ1) is 11.2. The molecule has 0 aliphatic carbocycles. The Morgan fingerprint density at radius 2 is 1.39 bits per heavy atom. The van der Waals surface area contributed by atoms with Gasteiger partial charge in [0.2, 0.25) is 5.91 Å². The van der Waals surface area contributed by atoms with Crippen molar-refractivity contribution in [2.45, 2.75) is 97.0 Å². The standard InChI is InChI=1S/C19H39NO3/c1-3-4-5-6-7-8-9-10-11-12-13-14-15-23-17-19(22)16-20-18(2)21/h19,22H,3-17H2,1-2H3,(H,20,21). The van der Waals surface area contributed by atoms with Crippen molar-refractivity contribution < 1.29 is 14.6 Å². The predicted molar refractivity (Wildman–Crippen MR) is 96.6 cm³/mol. The number of hydrogen-bond acceptors (Lipinski definition) is 3.